The van der Waals surface area contributed by atoms with Crippen molar-refractivity contribution in [1.29, 1.82) is 0 Å². The Kier molecular flexibility index (Phi) is 2.97. The molecule has 2 N–H and O–H groups in total. The van der Waals surface area contributed by atoms with Crippen molar-refractivity contribution < 1.29 is 9.90 Å². The summed E-state index contributed by atoms with van der Waals surface area (Å²) < 4.78 is 0. The molecular formula is C11H14N2O2. The summed E-state index contributed by atoms with van der Waals surface area (Å²) >= 11 is 0. The molecule has 1 aliphatic rings. The van der Waals surface area contributed by atoms with E-state index in [1.54, 1.807) is 12.4 Å². The van der Waals surface area contributed by atoms with E-state index in [1.807, 2.05) is 12.1 Å². The Morgan fingerprint density at radius 2 is 2.47 bits per heavy atom. The summed E-state index contributed by atoms with van der Waals surface area (Å²) in [4.78, 5) is 14.9. The molecule has 15 heavy (non-hydrogen) atoms. The number of rotatable bonds is 2. The standard InChI is InChI=1S/C11H14N2O2/c14-11(15)8-3-5-13-10(6-8)9-2-1-4-12-7-9/h1-2,4,7-8,10,13H,3,5-6H2,(H,14,15). The molecule has 0 bridgehead atoms. The van der Waals surface area contributed by atoms with Crippen LogP contribution in [0.5, 0.6) is 0 Å². The molecule has 80 valence electrons. The van der Waals surface area contributed by atoms with Gasteiger partial charge < -0.3 is 10.4 Å². The molecule has 0 spiro atoms. The third-order valence-corrected chi connectivity index (χ3v) is 2.84. The minimum Gasteiger partial charge on any atom is -0.481 e. The Morgan fingerprint density at radius 3 is 3.13 bits per heavy atom. The maximum Gasteiger partial charge on any atom is 0.306 e. The normalized spacial score (nSPS) is 26.1. The van der Waals surface area contributed by atoms with E-state index in [0.717, 1.165) is 12.1 Å². The average Bonchev–Trinajstić information content (AvgIpc) is 2.30. The molecule has 2 unspecified atom stereocenters. The lowest BCUT2D eigenvalue weighted by Crippen LogP contribution is -2.34. The molecule has 1 aromatic heterocycles. The minimum absolute atomic E-state index is 0.133. The number of carboxylic acids is 1. The van der Waals surface area contributed by atoms with Gasteiger partial charge in [0, 0.05) is 18.4 Å². The molecule has 0 saturated carbocycles. The lowest BCUT2D eigenvalue weighted by molar-refractivity contribution is -0.143. The van der Waals surface area contributed by atoms with Crippen LogP contribution < -0.4 is 5.32 Å². The smallest absolute Gasteiger partial charge is 0.306 e. The van der Waals surface area contributed by atoms with Crippen LogP contribution in [0.25, 0.3) is 0 Å². The maximum absolute atomic E-state index is 10.9. The quantitative estimate of drug-likeness (QED) is 0.763. The highest BCUT2D eigenvalue weighted by atomic mass is 16.4. The van der Waals surface area contributed by atoms with Crippen LogP contribution in [-0.2, 0) is 4.79 Å². The largest absolute Gasteiger partial charge is 0.481 e. The molecule has 1 fully saturated rings. The van der Waals surface area contributed by atoms with Gasteiger partial charge in [0.2, 0.25) is 0 Å². The number of piperidine rings is 1. The zero-order chi connectivity index (χ0) is 10.7. The summed E-state index contributed by atoms with van der Waals surface area (Å²) in [6.45, 7) is 0.760. The second-order valence-electron chi connectivity index (χ2n) is 3.85. The first-order valence-electron chi connectivity index (χ1n) is 5.13. The molecule has 2 rings (SSSR count). The minimum atomic E-state index is -0.689. The topological polar surface area (TPSA) is 62.2 Å². The van der Waals surface area contributed by atoms with E-state index >= 15 is 0 Å². The fourth-order valence-corrected chi connectivity index (χ4v) is 1.98. The number of nitrogens with one attached hydrogen (secondary N) is 1. The van der Waals surface area contributed by atoms with Crippen molar-refractivity contribution >= 4 is 5.97 Å². The number of carboxylic acid groups (broad SMARTS) is 1. The molecule has 1 aromatic rings. The van der Waals surface area contributed by atoms with Crippen LogP contribution in [-0.4, -0.2) is 22.6 Å². The second-order valence-corrected chi connectivity index (χ2v) is 3.85. The maximum atomic E-state index is 10.9. The first kappa shape index (κ1) is 10.1. The molecular weight excluding hydrogens is 192 g/mol. The molecule has 2 heterocycles. The first-order chi connectivity index (χ1) is 7.27. The van der Waals surface area contributed by atoms with E-state index < -0.39 is 5.97 Å². The van der Waals surface area contributed by atoms with Gasteiger partial charge in [-0.1, -0.05) is 6.07 Å². The van der Waals surface area contributed by atoms with E-state index in [1.165, 1.54) is 0 Å². The summed E-state index contributed by atoms with van der Waals surface area (Å²) in [5, 5.41) is 12.3. The third kappa shape index (κ3) is 2.33. The van der Waals surface area contributed by atoms with E-state index in [4.69, 9.17) is 5.11 Å². The van der Waals surface area contributed by atoms with Crippen LogP contribution in [0.2, 0.25) is 0 Å². The summed E-state index contributed by atoms with van der Waals surface area (Å²) in [6.07, 6.45) is 4.88. The fourth-order valence-electron chi connectivity index (χ4n) is 1.98. The molecule has 4 heteroatoms. The zero-order valence-electron chi connectivity index (χ0n) is 8.39. The molecule has 0 aliphatic carbocycles. The SMILES string of the molecule is O=C(O)C1CCNC(c2cccnc2)C1. The Balaban J connectivity index is 2.08. The van der Waals surface area contributed by atoms with Gasteiger partial charge in [0.15, 0.2) is 0 Å². The highest BCUT2D eigenvalue weighted by Gasteiger charge is 2.27. The van der Waals surface area contributed by atoms with Crippen LogP contribution in [0.1, 0.15) is 24.4 Å². The molecule has 1 aliphatic heterocycles. The van der Waals surface area contributed by atoms with E-state index in [9.17, 15) is 4.79 Å². The van der Waals surface area contributed by atoms with Crippen molar-refractivity contribution in [2.24, 2.45) is 5.92 Å². The number of carbonyl (C=O) groups is 1. The predicted molar refractivity (Wildman–Crippen MR) is 55.3 cm³/mol. The Morgan fingerprint density at radius 1 is 1.60 bits per heavy atom. The molecule has 4 nitrogen and oxygen atoms in total. The monoisotopic (exact) mass is 206 g/mol. The molecule has 0 amide bonds. The summed E-state index contributed by atoms with van der Waals surface area (Å²) in [5.41, 5.74) is 1.07. The van der Waals surface area contributed by atoms with Crippen molar-refractivity contribution in [3.8, 4) is 0 Å². The van der Waals surface area contributed by atoms with Gasteiger partial charge in [-0.25, -0.2) is 0 Å². The van der Waals surface area contributed by atoms with Gasteiger partial charge >= 0.3 is 5.97 Å². The number of nitrogens with zero attached hydrogens (tertiary/aromatic N) is 1. The van der Waals surface area contributed by atoms with Crippen molar-refractivity contribution in [1.82, 2.24) is 10.3 Å². The third-order valence-electron chi connectivity index (χ3n) is 2.84. The van der Waals surface area contributed by atoms with Crippen molar-refractivity contribution in [3.05, 3.63) is 30.1 Å². The molecule has 2 atom stereocenters. The second kappa shape index (κ2) is 4.40. The number of aromatic nitrogens is 1. The Hall–Kier alpha value is -1.42. The van der Waals surface area contributed by atoms with Gasteiger partial charge in [-0.2, -0.15) is 0 Å². The van der Waals surface area contributed by atoms with E-state index in [-0.39, 0.29) is 12.0 Å². The average molecular weight is 206 g/mol. The summed E-state index contributed by atoms with van der Waals surface area (Å²) in [6, 6.07) is 3.99. The van der Waals surface area contributed by atoms with Crippen LogP contribution in [0.4, 0.5) is 0 Å². The van der Waals surface area contributed by atoms with Gasteiger partial charge in [-0.05, 0) is 31.0 Å². The zero-order valence-corrected chi connectivity index (χ0v) is 8.39. The van der Waals surface area contributed by atoms with Gasteiger partial charge in [0.05, 0.1) is 5.92 Å². The van der Waals surface area contributed by atoms with E-state index in [0.29, 0.717) is 12.8 Å². The number of pyridine rings is 1. The van der Waals surface area contributed by atoms with Gasteiger partial charge in [0.1, 0.15) is 0 Å². The van der Waals surface area contributed by atoms with Crippen molar-refractivity contribution in [2.45, 2.75) is 18.9 Å². The lowest BCUT2D eigenvalue weighted by Gasteiger charge is -2.28. The predicted octanol–water partition coefficient (Wildman–Crippen LogP) is 1.21. The van der Waals surface area contributed by atoms with Crippen LogP contribution in [0.3, 0.4) is 0 Å². The van der Waals surface area contributed by atoms with Crippen molar-refractivity contribution in [3.63, 3.8) is 0 Å². The van der Waals surface area contributed by atoms with Gasteiger partial charge in [-0.3, -0.25) is 9.78 Å². The van der Waals surface area contributed by atoms with Gasteiger partial charge in [-0.15, -0.1) is 0 Å². The van der Waals surface area contributed by atoms with Crippen LogP contribution >= 0.6 is 0 Å². The van der Waals surface area contributed by atoms with Crippen LogP contribution in [0, 0.1) is 5.92 Å². The van der Waals surface area contributed by atoms with Crippen LogP contribution in [0.15, 0.2) is 24.5 Å². The number of aliphatic carboxylic acids is 1. The van der Waals surface area contributed by atoms with Crippen molar-refractivity contribution in [2.75, 3.05) is 6.54 Å². The number of hydrogen-bond acceptors (Lipinski definition) is 3. The molecule has 0 radical (unpaired) electrons. The van der Waals surface area contributed by atoms with E-state index in [2.05, 4.69) is 10.3 Å². The fraction of sp³-hybridized carbons (Fsp3) is 0.455. The summed E-state index contributed by atoms with van der Waals surface area (Å²) in [5.74, 6) is -0.915. The highest BCUT2D eigenvalue weighted by molar-refractivity contribution is 5.70. The number of hydrogen-bond donors (Lipinski definition) is 2. The molecule has 1 saturated heterocycles. The highest BCUT2D eigenvalue weighted by Crippen LogP contribution is 2.26. The first-order valence-corrected chi connectivity index (χ1v) is 5.13. The summed E-state index contributed by atoms with van der Waals surface area (Å²) in [7, 11) is 0. The lowest BCUT2D eigenvalue weighted by atomic mass is 9.89. The van der Waals surface area contributed by atoms with Gasteiger partial charge in [0.25, 0.3) is 0 Å². The molecule has 0 aromatic carbocycles. The Labute approximate surface area is 88.3 Å². The Bertz CT molecular complexity index is 340.